The number of benzene rings is 1. The van der Waals surface area contributed by atoms with Gasteiger partial charge in [-0.1, -0.05) is 12.1 Å². The quantitative estimate of drug-likeness (QED) is 0.314. The topological polar surface area (TPSA) is 77.1 Å². The zero-order chi connectivity index (χ0) is 18.7. The summed E-state index contributed by atoms with van der Waals surface area (Å²) >= 11 is 12.6. The Morgan fingerprint density at radius 2 is 2.12 bits per heavy atom. The number of esters is 1. The lowest BCUT2D eigenvalue weighted by Gasteiger charge is -2.49. The number of hydrogen-bond donors (Lipinski definition) is 1. The van der Waals surface area contributed by atoms with Crippen LogP contribution in [0.4, 0.5) is 0 Å². The van der Waals surface area contributed by atoms with E-state index < -0.39 is 12.0 Å². The molecule has 1 N–H and O–H groups in total. The van der Waals surface area contributed by atoms with E-state index in [1.54, 1.807) is 31.4 Å². The van der Waals surface area contributed by atoms with E-state index in [4.69, 9.17) is 32.9 Å². The number of alkyl halides is 1. The van der Waals surface area contributed by atoms with E-state index in [-0.39, 0.29) is 29.5 Å². The van der Waals surface area contributed by atoms with Crippen LogP contribution in [0.15, 0.2) is 35.5 Å². The molecule has 0 spiro atoms. The summed E-state index contributed by atoms with van der Waals surface area (Å²) in [5.41, 5.74) is 4.09. The van der Waals surface area contributed by atoms with E-state index in [1.165, 1.54) is 16.7 Å². The Labute approximate surface area is 164 Å². The van der Waals surface area contributed by atoms with Crippen LogP contribution in [0.1, 0.15) is 5.56 Å². The molecular weight excluding hydrogens is 403 g/mol. The van der Waals surface area contributed by atoms with Crippen LogP contribution in [0.2, 0.25) is 0 Å². The largest absolute Gasteiger partial charge is 0.497 e. The lowest BCUT2D eigenvalue weighted by atomic mass is 10.0. The van der Waals surface area contributed by atoms with Crippen molar-refractivity contribution in [1.29, 1.82) is 0 Å². The van der Waals surface area contributed by atoms with Gasteiger partial charge >= 0.3 is 5.97 Å². The number of hydrogen-bond acceptors (Lipinski definition) is 7. The highest BCUT2D eigenvalue weighted by Gasteiger charge is 2.54. The van der Waals surface area contributed by atoms with Gasteiger partial charge in [-0.2, -0.15) is 9.87 Å². The maximum atomic E-state index is 12.6. The van der Waals surface area contributed by atoms with E-state index in [1.807, 2.05) is 0 Å². The van der Waals surface area contributed by atoms with Crippen molar-refractivity contribution in [2.75, 3.05) is 18.7 Å². The number of ether oxygens (including phenoxy) is 2. The highest BCUT2D eigenvalue weighted by Crippen LogP contribution is 2.41. The SMILES string of the molecule is COc1ccc(COC(=O)C2=C(CCl)CS[C@@H]3[C@H](NOCl)C(=O)N23)cc1. The van der Waals surface area contributed by atoms with E-state index in [2.05, 4.69) is 9.87 Å². The molecule has 0 unspecified atom stereocenters. The molecule has 1 aromatic carbocycles. The number of fused-ring (bicyclic) bond motifs is 1. The van der Waals surface area contributed by atoms with Gasteiger partial charge in [0.25, 0.3) is 5.91 Å². The number of rotatable bonds is 7. The fourth-order valence-corrected chi connectivity index (χ4v) is 4.50. The number of nitrogens with zero attached hydrogens (tertiary/aromatic N) is 1. The molecular formula is C16H16Cl2N2O5S. The summed E-state index contributed by atoms with van der Waals surface area (Å²) in [6.07, 6.45) is 0. The van der Waals surface area contributed by atoms with Crippen molar-refractivity contribution < 1.29 is 23.5 Å². The molecule has 0 saturated carbocycles. The van der Waals surface area contributed by atoms with Crippen molar-refractivity contribution >= 4 is 47.1 Å². The van der Waals surface area contributed by atoms with Crippen LogP contribution in [-0.4, -0.2) is 46.9 Å². The fraction of sp³-hybridized carbons (Fsp3) is 0.375. The first-order chi connectivity index (χ1) is 12.6. The molecule has 26 heavy (non-hydrogen) atoms. The number of thioether (sulfide) groups is 1. The molecule has 2 heterocycles. The Bertz CT molecular complexity index is 728. The smallest absolute Gasteiger partial charge is 0.355 e. The van der Waals surface area contributed by atoms with E-state index in [0.717, 1.165) is 5.56 Å². The van der Waals surface area contributed by atoms with Crippen molar-refractivity contribution in [2.24, 2.45) is 0 Å². The number of methoxy groups -OCH3 is 1. The van der Waals surface area contributed by atoms with Crippen molar-refractivity contribution in [3.8, 4) is 5.75 Å². The molecule has 7 nitrogen and oxygen atoms in total. The van der Waals surface area contributed by atoms with Gasteiger partial charge in [-0.3, -0.25) is 9.69 Å². The minimum atomic E-state index is -0.612. The molecule has 10 heteroatoms. The molecule has 140 valence electrons. The number of halogens is 2. The second-order valence-electron chi connectivity index (χ2n) is 5.59. The summed E-state index contributed by atoms with van der Waals surface area (Å²) in [4.78, 5) is 26.3. The third-order valence-corrected chi connectivity index (χ3v) is 5.85. The molecule has 3 rings (SSSR count). The molecule has 2 aliphatic rings. The first-order valence-electron chi connectivity index (χ1n) is 7.66. The molecule has 0 aliphatic carbocycles. The van der Waals surface area contributed by atoms with Crippen LogP contribution in [0.3, 0.4) is 0 Å². The van der Waals surface area contributed by atoms with E-state index in [9.17, 15) is 9.59 Å². The van der Waals surface area contributed by atoms with Gasteiger partial charge in [-0.05, 0) is 23.3 Å². The third kappa shape index (κ3) is 3.65. The number of carbonyl (C=O) groups is 2. The molecule has 0 bridgehead atoms. The third-order valence-electron chi connectivity index (χ3n) is 4.10. The number of carbonyl (C=O) groups excluding carboxylic acids is 2. The van der Waals surface area contributed by atoms with Gasteiger partial charge in [0, 0.05) is 11.6 Å². The first-order valence-corrected chi connectivity index (χ1v) is 9.55. The molecule has 2 atom stereocenters. The highest BCUT2D eigenvalue weighted by molar-refractivity contribution is 8.00. The standard InChI is InChI=1S/C16H16Cl2N2O5S/c1-23-11-4-2-9(3-5-11)7-24-16(22)13-10(6-17)8-26-15-12(19-25-18)14(21)20(13)15/h2-5,12,15,19H,6-8H2,1H3/t12-,15-/m1/s1. The number of amides is 1. The predicted molar refractivity (Wildman–Crippen MR) is 97.5 cm³/mol. The van der Waals surface area contributed by atoms with Crippen LogP contribution in [0, 0.1) is 0 Å². The number of β-lactam (4-membered cyclic amide) rings is 1. The van der Waals surface area contributed by atoms with Crippen molar-refractivity contribution in [3.05, 3.63) is 41.1 Å². The van der Waals surface area contributed by atoms with E-state index in [0.29, 0.717) is 17.1 Å². The van der Waals surface area contributed by atoms with Gasteiger partial charge in [0.15, 0.2) is 0 Å². The van der Waals surface area contributed by atoms with Gasteiger partial charge < -0.3 is 9.47 Å². The second-order valence-corrected chi connectivity index (χ2v) is 7.12. The molecule has 1 fully saturated rings. The molecule has 1 saturated heterocycles. The minimum Gasteiger partial charge on any atom is -0.497 e. The number of hydroxylamine groups is 1. The van der Waals surface area contributed by atoms with Crippen molar-refractivity contribution in [3.63, 3.8) is 0 Å². The van der Waals surface area contributed by atoms with Crippen molar-refractivity contribution in [1.82, 2.24) is 10.4 Å². The van der Waals surface area contributed by atoms with Gasteiger partial charge in [-0.15, -0.1) is 23.4 Å². The fourth-order valence-electron chi connectivity index (χ4n) is 2.74. The average Bonchev–Trinajstić information content (AvgIpc) is 2.69. The Hall–Kier alpha value is -1.45. The Kier molecular flexibility index (Phi) is 6.31. The lowest BCUT2D eigenvalue weighted by Crippen LogP contribution is -2.69. The second kappa shape index (κ2) is 8.49. The van der Waals surface area contributed by atoms with Gasteiger partial charge in [0.2, 0.25) is 0 Å². The molecule has 1 aromatic rings. The molecule has 1 amide bonds. The van der Waals surface area contributed by atoms with Gasteiger partial charge in [-0.25, -0.2) is 4.79 Å². The summed E-state index contributed by atoms with van der Waals surface area (Å²) < 4.78 is 14.8. The average molecular weight is 419 g/mol. The van der Waals surface area contributed by atoms with Gasteiger partial charge in [0.05, 0.1) is 19.0 Å². The minimum absolute atomic E-state index is 0.0776. The van der Waals surface area contributed by atoms with Crippen LogP contribution >= 0.6 is 35.2 Å². The monoisotopic (exact) mass is 418 g/mol. The van der Waals surface area contributed by atoms with Crippen LogP contribution in [0.5, 0.6) is 5.75 Å². The Morgan fingerprint density at radius 1 is 1.38 bits per heavy atom. The van der Waals surface area contributed by atoms with Crippen LogP contribution in [-0.2, 0) is 25.3 Å². The zero-order valence-corrected chi connectivity index (χ0v) is 16.1. The summed E-state index contributed by atoms with van der Waals surface area (Å²) in [5, 5.41) is -0.295. The van der Waals surface area contributed by atoms with Crippen LogP contribution in [0.25, 0.3) is 0 Å². The maximum Gasteiger partial charge on any atom is 0.355 e. The first kappa shape index (κ1) is 19.3. The predicted octanol–water partition coefficient (Wildman–Crippen LogP) is 2.19. The lowest BCUT2D eigenvalue weighted by molar-refractivity contribution is -0.154. The summed E-state index contributed by atoms with van der Waals surface area (Å²) in [6.45, 7) is 0.0776. The summed E-state index contributed by atoms with van der Waals surface area (Å²) in [6, 6.07) is 6.55. The molecule has 2 aliphatic heterocycles. The molecule has 0 aromatic heterocycles. The van der Waals surface area contributed by atoms with Crippen molar-refractivity contribution in [2.45, 2.75) is 18.0 Å². The van der Waals surface area contributed by atoms with E-state index >= 15 is 0 Å². The zero-order valence-electron chi connectivity index (χ0n) is 13.7. The molecule has 0 radical (unpaired) electrons. The van der Waals surface area contributed by atoms with Crippen LogP contribution < -0.4 is 10.2 Å². The number of nitrogens with one attached hydrogen (secondary N) is 1. The normalized spacial score (nSPS) is 22.0. The van der Waals surface area contributed by atoms with Gasteiger partial charge in [0.1, 0.15) is 29.5 Å². The summed E-state index contributed by atoms with van der Waals surface area (Å²) in [7, 11) is 1.58. The maximum absolute atomic E-state index is 12.6. The Balaban J connectivity index is 1.71. The Morgan fingerprint density at radius 3 is 2.73 bits per heavy atom. The highest BCUT2D eigenvalue weighted by atomic mass is 35.5. The summed E-state index contributed by atoms with van der Waals surface area (Å²) in [5.74, 6) is 0.471.